The summed E-state index contributed by atoms with van der Waals surface area (Å²) in [6.07, 6.45) is 0. The molecular formula is C12H21N3O. The Morgan fingerprint density at radius 3 is 2.62 bits per heavy atom. The van der Waals surface area contributed by atoms with Crippen LogP contribution >= 0.6 is 0 Å². The number of aromatic amines is 1. The van der Waals surface area contributed by atoms with Gasteiger partial charge >= 0.3 is 0 Å². The van der Waals surface area contributed by atoms with Gasteiger partial charge in [0.25, 0.3) is 0 Å². The number of hydrogen-bond donors (Lipinski definition) is 3. The van der Waals surface area contributed by atoms with Crippen LogP contribution in [0.2, 0.25) is 0 Å². The lowest BCUT2D eigenvalue weighted by Gasteiger charge is -2.16. The zero-order valence-corrected chi connectivity index (χ0v) is 10.2. The van der Waals surface area contributed by atoms with Gasteiger partial charge in [-0.3, -0.25) is 4.79 Å². The van der Waals surface area contributed by atoms with Crippen LogP contribution in [0, 0.1) is 0 Å². The molecule has 0 saturated carbocycles. The Hall–Kier alpha value is -1.13. The molecular weight excluding hydrogens is 202 g/mol. The van der Waals surface area contributed by atoms with Crippen molar-refractivity contribution < 1.29 is 0 Å². The number of rotatable bonds is 6. The summed E-state index contributed by atoms with van der Waals surface area (Å²) in [6, 6.07) is 6.09. The average Bonchev–Trinajstić information content (AvgIpc) is 2.23. The second-order valence-electron chi connectivity index (χ2n) is 4.39. The molecule has 1 heterocycles. The van der Waals surface area contributed by atoms with Crippen LogP contribution in [0.15, 0.2) is 23.0 Å². The molecule has 1 unspecified atom stereocenters. The number of pyridine rings is 1. The van der Waals surface area contributed by atoms with Gasteiger partial charge in [-0.1, -0.05) is 19.9 Å². The molecule has 0 fully saturated rings. The van der Waals surface area contributed by atoms with E-state index in [1.807, 2.05) is 6.07 Å². The van der Waals surface area contributed by atoms with Gasteiger partial charge in [0.2, 0.25) is 5.56 Å². The van der Waals surface area contributed by atoms with Crippen molar-refractivity contribution in [2.75, 3.05) is 6.54 Å². The Balaban J connectivity index is 2.31. The van der Waals surface area contributed by atoms with Crippen molar-refractivity contribution in [3.05, 3.63) is 34.2 Å². The highest BCUT2D eigenvalue weighted by molar-refractivity contribution is 5.03. The highest BCUT2D eigenvalue weighted by atomic mass is 16.1. The predicted octanol–water partition coefficient (Wildman–Crippen LogP) is 0.851. The van der Waals surface area contributed by atoms with E-state index in [0.29, 0.717) is 18.6 Å². The van der Waals surface area contributed by atoms with Crippen molar-refractivity contribution in [1.82, 2.24) is 15.6 Å². The molecule has 1 aromatic rings. The van der Waals surface area contributed by atoms with Crippen LogP contribution < -0.4 is 16.2 Å². The largest absolute Gasteiger partial charge is 0.325 e. The van der Waals surface area contributed by atoms with Crippen LogP contribution in [0.25, 0.3) is 0 Å². The maximum Gasteiger partial charge on any atom is 0.248 e. The normalized spacial score (nSPS) is 13.0. The van der Waals surface area contributed by atoms with Gasteiger partial charge in [0.15, 0.2) is 0 Å². The van der Waals surface area contributed by atoms with Gasteiger partial charge < -0.3 is 15.6 Å². The molecule has 0 aliphatic carbocycles. The molecule has 3 N–H and O–H groups in total. The molecule has 4 nitrogen and oxygen atoms in total. The maximum atomic E-state index is 11.1. The number of H-pyrrole nitrogens is 1. The van der Waals surface area contributed by atoms with E-state index in [9.17, 15) is 4.79 Å². The molecule has 0 amide bonds. The fraction of sp³-hybridized carbons (Fsp3) is 0.583. The van der Waals surface area contributed by atoms with Crippen LogP contribution in [0.3, 0.4) is 0 Å². The molecule has 1 rings (SSSR count). The summed E-state index contributed by atoms with van der Waals surface area (Å²) in [5, 5.41) is 6.71. The van der Waals surface area contributed by atoms with Crippen molar-refractivity contribution >= 4 is 0 Å². The quantitative estimate of drug-likeness (QED) is 0.670. The first-order chi connectivity index (χ1) is 7.58. The second kappa shape index (κ2) is 6.45. The number of hydrogen-bond acceptors (Lipinski definition) is 3. The van der Waals surface area contributed by atoms with Crippen LogP contribution in [-0.4, -0.2) is 23.6 Å². The SMILES string of the molecule is CC(C)NCC(C)NCc1cccc(=O)[nH]1. The first-order valence-corrected chi connectivity index (χ1v) is 5.73. The van der Waals surface area contributed by atoms with Crippen LogP contribution in [0.1, 0.15) is 26.5 Å². The minimum atomic E-state index is -0.0488. The maximum absolute atomic E-state index is 11.1. The average molecular weight is 223 g/mol. The van der Waals surface area contributed by atoms with Crippen molar-refractivity contribution in [1.29, 1.82) is 0 Å². The van der Waals surface area contributed by atoms with E-state index in [2.05, 4.69) is 36.4 Å². The van der Waals surface area contributed by atoms with Gasteiger partial charge in [0.05, 0.1) is 0 Å². The molecule has 90 valence electrons. The molecule has 0 radical (unpaired) electrons. The molecule has 0 saturated heterocycles. The monoisotopic (exact) mass is 223 g/mol. The van der Waals surface area contributed by atoms with Crippen molar-refractivity contribution in [2.24, 2.45) is 0 Å². The van der Waals surface area contributed by atoms with Crippen molar-refractivity contribution in [3.63, 3.8) is 0 Å². The summed E-state index contributed by atoms with van der Waals surface area (Å²) in [7, 11) is 0. The Bertz CT molecular complexity index is 359. The third-order valence-corrected chi connectivity index (χ3v) is 2.30. The van der Waals surface area contributed by atoms with Crippen LogP contribution in [0.4, 0.5) is 0 Å². The van der Waals surface area contributed by atoms with Gasteiger partial charge in [0.1, 0.15) is 0 Å². The number of nitrogens with one attached hydrogen (secondary N) is 3. The highest BCUT2D eigenvalue weighted by Crippen LogP contribution is 1.91. The zero-order chi connectivity index (χ0) is 12.0. The smallest absolute Gasteiger partial charge is 0.248 e. The van der Waals surface area contributed by atoms with Gasteiger partial charge in [-0.25, -0.2) is 0 Å². The fourth-order valence-electron chi connectivity index (χ4n) is 1.37. The Labute approximate surface area is 96.5 Å². The number of aromatic nitrogens is 1. The Morgan fingerprint density at radius 2 is 2.00 bits per heavy atom. The fourth-order valence-corrected chi connectivity index (χ4v) is 1.37. The zero-order valence-electron chi connectivity index (χ0n) is 10.2. The van der Waals surface area contributed by atoms with E-state index in [-0.39, 0.29) is 5.56 Å². The molecule has 4 heteroatoms. The molecule has 0 aliphatic rings. The molecule has 1 atom stereocenters. The van der Waals surface area contributed by atoms with Gasteiger partial charge in [-0.2, -0.15) is 0 Å². The minimum absolute atomic E-state index is 0.0488. The van der Waals surface area contributed by atoms with Crippen LogP contribution in [-0.2, 0) is 6.54 Å². The molecule has 0 aromatic carbocycles. The third-order valence-electron chi connectivity index (χ3n) is 2.30. The topological polar surface area (TPSA) is 56.9 Å². The molecule has 0 bridgehead atoms. The summed E-state index contributed by atoms with van der Waals surface area (Å²) >= 11 is 0. The first kappa shape index (κ1) is 12.9. The van der Waals surface area contributed by atoms with E-state index >= 15 is 0 Å². The van der Waals surface area contributed by atoms with E-state index in [1.54, 1.807) is 6.07 Å². The van der Waals surface area contributed by atoms with E-state index < -0.39 is 0 Å². The third kappa shape index (κ3) is 5.09. The lowest BCUT2D eigenvalue weighted by molar-refractivity contribution is 0.471. The Kier molecular flexibility index (Phi) is 5.22. The first-order valence-electron chi connectivity index (χ1n) is 5.73. The second-order valence-corrected chi connectivity index (χ2v) is 4.39. The van der Waals surface area contributed by atoms with Crippen LogP contribution in [0.5, 0.6) is 0 Å². The van der Waals surface area contributed by atoms with Gasteiger partial charge in [-0.05, 0) is 13.0 Å². The molecule has 1 aromatic heterocycles. The minimum Gasteiger partial charge on any atom is -0.325 e. The summed E-state index contributed by atoms with van der Waals surface area (Å²) in [5.41, 5.74) is 0.871. The molecule has 0 spiro atoms. The van der Waals surface area contributed by atoms with Gasteiger partial charge in [-0.15, -0.1) is 0 Å². The summed E-state index contributed by atoms with van der Waals surface area (Å²) in [4.78, 5) is 13.8. The predicted molar refractivity (Wildman–Crippen MR) is 66.5 cm³/mol. The van der Waals surface area contributed by atoms with Gasteiger partial charge in [0, 0.05) is 36.9 Å². The lowest BCUT2D eigenvalue weighted by Crippen LogP contribution is -2.38. The van der Waals surface area contributed by atoms with E-state index in [0.717, 1.165) is 12.2 Å². The molecule has 0 aliphatic heterocycles. The van der Waals surface area contributed by atoms with Crippen molar-refractivity contribution in [2.45, 2.75) is 39.4 Å². The molecule has 16 heavy (non-hydrogen) atoms. The summed E-state index contributed by atoms with van der Waals surface area (Å²) in [5.74, 6) is 0. The van der Waals surface area contributed by atoms with Crippen molar-refractivity contribution in [3.8, 4) is 0 Å². The lowest BCUT2D eigenvalue weighted by atomic mass is 10.3. The van der Waals surface area contributed by atoms with E-state index in [1.165, 1.54) is 6.07 Å². The standard InChI is InChI=1S/C12H21N3O/c1-9(2)13-7-10(3)14-8-11-5-4-6-12(16)15-11/h4-6,9-10,13-14H,7-8H2,1-3H3,(H,15,16). The van der Waals surface area contributed by atoms with E-state index in [4.69, 9.17) is 0 Å². The highest BCUT2D eigenvalue weighted by Gasteiger charge is 2.02. The summed E-state index contributed by atoms with van der Waals surface area (Å²) in [6.45, 7) is 7.99. The summed E-state index contributed by atoms with van der Waals surface area (Å²) < 4.78 is 0. The Morgan fingerprint density at radius 1 is 1.25 bits per heavy atom.